The number of piperidine rings is 1. The molecule has 0 spiro atoms. The first-order chi connectivity index (χ1) is 13.7. The summed E-state index contributed by atoms with van der Waals surface area (Å²) >= 11 is 1.61. The highest BCUT2D eigenvalue weighted by molar-refractivity contribution is 7.20. The number of ether oxygens (including phenoxy) is 1. The van der Waals surface area contributed by atoms with Gasteiger partial charge in [-0.3, -0.25) is 9.89 Å². The van der Waals surface area contributed by atoms with E-state index in [0.717, 1.165) is 47.4 Å². The Kier molecular flexibility index (Phi) is 4.52. The second kappa shape index (κ2) is 7.17. The maximum absolute atomic E-state index is 13.0. The lowest BCUT2D eigenvalue weighted by Crippen LogP contribution is -2.41. The molecule has 5 heterocycles. The molecule has 0 bridgehead atoms. The van der Waals surface area contributed by atoms with Gasteiger partial charge in [0.25, 0.3) is 5.91 Å². The lowest BCUT2D eigenvalue weighted by atomic mass is 9.92. The van der Waals surface area contributed by atoms with Crippen molar-refractivity contribution < 1.29 is 9.53 Å². The number of aromatic amines is 1. The number of H-pyrrole nitrogens is 1. The molecule has 10 heteroatoms. The maximum Gasteiger partial charge on any atom is 0.257 e. The molecule has 1 atom stereocenters. The van der Waals surface area contributed by atoms with Crippen molar-refractivity contribution in [2.45, 2.75) is 25.7 Å². The molecule has 0 saturated carbocycles. The van der Waals surface area contributed by atoms with Crippen molar-refractivity contribution in [3.8, 4) is 0 Å². The third-order valence-corrected chi connectivity index (χ3v) is 6.43. The second-order valence-electron chi connectivity index (χ2n) is 7.38. The summed E-state index contributed by atoms with van der Waals surface area (Å²) < 4.78 is 7.22. The Morgan fingerprint density at radius 3 is 3.00 bits per heavy atom. The van der Waals surface area contributed by atoms with E-state index in [9.17, 15) is 4.79 Å². The fourth-order valence-electron chi connectivity index (χ4n) is 4.03. The smallest absolute Gasteiger partial charge is 0.257 e. The monoisotopic (exact) mass is 401 g/mol. The van der Waals surface area contributed by atoms with Gasteiger partial charge in [-0.25, -0.2) is 9.50 Å². The Morgan fingerprint density at radius 2 is 2.18 bits per heavy atom. The molecule has 2 aliphatic rings. The van der Waals surface area contributed by atoms with Gasteiger partial charge in [-0.2, -0.15) is 5.10 Å². The molecule has 1 N–H and O–H groups in total. The summed E-state index contributed by atoms with van der Waals surface area (Å²) in [5.74, 6) is 0.279. The van der Waals surface area contributed by atoms with Crippen LogP contribution in [0.4, 0.5) is 5.13 Å². The fourth-order valence-corrected chi connectivity index (χ4v) is 4.99. The molecule has 9 nitrogen and oxygen atoms in total. The van der Waals surface area contributed by atoms with Gasteiger partial charge in [-0.1, -0.05) is 11.3 Å². The maximum atomic E-state index is 13.0. The topological polar surface area (TPSA) is 91.6 Å². The Morgan fingerprint density at radius 1 is 1.32 bits per heavy atom. The number of nitrogens with one attached hydrogen (secondary N) is 1. The van der Waals surface area contributed by atoms with Gasteiger partial charge >= 0.3 is 0 Å². The van der Waals surface area contributed by atoms with Crippen molar-refractivity contribution >= 4 is 27.3 Å². The van der Waals surface area contributed by atoms with Crippen molar-refractivity contribution in [1.29, 1.82) is 0 Å². The van der Waals surface area contributed by atoms with Gasteiger partial charge in [0.05, 0.1) is 42.6 Å². The minimum Gasteiger partial charge on any atom is -0.378 e. The number of aryl methyl sites for hydroxylation is 1. The normalized spacial score (nSPS) is 20.8. The van der Waals surface area contributed by atoms with Crippen molar-refractivity contribution in [2.24, 2.45) is 0 Å². The quantitative estimate of drug-likeness (QED) is 0.718. The molecular formula is C18H23N7O2S. The first-order valence-corrected chi connectivity index (χ1v) is 10.5. The third-order valence-electron chi connectivity index (χ3n) is 5.45. The van der Waals surface area contributed by atoms with Crippen molar-refractivity contribution in [1.82, 2.24) is 29.7 Å². The Balaban J connectivity index is 1.36. The van der Waals surface area contributed by atoms with Crippen LogP contribution in [-0.4, -0.2) is 75.0 Å². The number of imidazole rings is 1. The van der Waals surface area contributed by atoms with Gasteiger partial charge < -0.3 is 14.5 Å². The van der Waals surface area contributed by atoms with Crippen LogP contribution < -0.4 is 4.90 Å². The van der Waals surface area contributed by atoms with Crippen LogP contribution in [-0.2, 0) is 4.74 Å². The zero-order valence-electron chi connectivity index (χ0n) is 15.8. The van der Waals surface area contributed by atoms with Crippen LogP contribution in [0.1, 0.15) is 40.5 Å². The van der Waals surface area contributed by atoms with E-state index in [1.165, 1.54) is 0 Å². The molecule has 148 valence electrons. The molecule has 3 aromatic heterocycles. The molecule has 2 aliphatic heterocycles. The number of anilines is 1. The van der Waals surface area contributed by atoms with E-state index in [4.69, 9.17) is 4.74 Å². The number of hydrogen-bond donors (Lipinski definition) is 1. The van der Waals surface area contributed by atoms with E-state index in [-0.39, 0.29) is 11.8 Å². The van der Waals surface area contributed by atoms with Crippen molar-refractivity contribution in [3.63, 3.8) is 0 Å². The number of nitrogens with zero attached hydrogens (tertiary/aromatic N) is 6. The number of fused-ring (bicyclic) bond motifs is 1. The molecule has 5 rings (SSSR count). The predicted molar refractivity (Wildman–Crippen MR) is 105 cm³/mol. The first kappa shape index (κ1) is 17.6. The van der Waals surface area contributed by atoms with E-state index < -0.39 is 0 Å². The number of carbonyl (C=O) groups is 1. The van der Waals surface area contributed by atoms with Gasteiger partial charge in [-0.15, -0.1) is 5.10 Å². The third kappa shape index (κ3) is 3.16. The number of amides is 1. The van der Waals surface area contributed by atoms with Gasteiger partial charge in [0.15, 0.2) is 0 Å². The Hall–Kier alpha value is -2.46. The van der Waals surface area contributed by atoms with Gasteiger partial charge in [0, 0.05) is 32.1 Å². The molecule has 0 aliphatic carbocycles. The van der Waals surface area contributed by atoms with Crippen LogP contribution >= 0.6 is 11.3 Å². The molecule has 2 saturated heterocycles. The Labute approximate surface area is 166 Å². The second-order valence-corrected chi connectivity index (χ2v) is 8.32. The van der Waals surface area contributed by atoms with Gasteiger partial charge in [0.1, 0.15) is 0 Å². The largest absolute Gasteiger partial charge is 0.378 e. The van der Waals surface area contributed by atoms with Crippen LogP contribution in [0.3, 0.4) is 0 Å². The van der Waals surface area contributed by atoms with Crippen LogP contribution in [0.5, 0.6) is 0 Å². The number of rotatable bonds is 3. The minimum atomic E-state index is 0.0485. The molecule has 0 radical (unpaired) electrons. The Bertz CT molecular complexity index is 956. The highest BCUT2D eigenvalue weighted by atomic mass is 32.1. The zero-order chi connectivity index (χ0) is 19.1. The minimum absolute atomic E-state index is 0.0485. The zero-order valence-corrected chi connectivity index (χ0v) is 16.6. The molecule has 0 unspecified atom stereocenters. The first-order valence-electron chi connectivity index (χ1n) is 9.67. The SMILES string of the molecule is Cc1cn2nc(N3CCC[C@H](c4[nH]ncc4C(=O)N4CCOCC4)C3)sc2n1. The standard InChI is InChI=1S/C18H23N7O2S/c1-12-10-25-17(20-12)28-18(22-25)24-4-2-3-13(11-24)15-14(9-19-21-15)16(26)23-5-7-27-8-6-23/h9-10,13H,2-8,11H2,1H3,(H,19,21)/t13-/m0/s1. The summed E-state index contributed by atoms with van der Waals surface area (Å²) in [6, 6.07) is 0. The molecule has 2 fully saturated rings. The molecule has 28 heavy (non-hydrogen) atoms. The lowest BCUT2D eigenvalue weighted by molar-refractivity contribution is 0.0302. The highest BCUT2D eigenvalue weighted by Crippen LogP contribution is 2.33. The van der Waals surface area contributed by atoms with Crippen LogP contribution in [0.15, 0.2) is 12.4 Å². The summed E-state index contributed by atoms with van der Waals surface area (Å²) in [6.07, 6.45) is 5.70. The lowest BCUT2D eigenvalue weighted by Gasteiger charge is -2.32. The molecule has 3 aromatic rings. The summed E-state index contributed by atoms with van der Waals surface area (Å²) in [6.45, 7) is 6.23. The van der Waals surface area contributed by atoms with Crippen LogP contribution in [0, 0.1) is 6.92 Å². The van der Waals surface area contributed by atoms with E-state index in [1.54, 1.807) is 17.5 Å². The summed E-state index contributed by atoms with van der Waals surface area (Å²) in [5, 5.41) is 13.0. The van der Waals surface area contributed by atoms with Crippen molar-refractivity contribution in [3.05, 3.63) is 29.3 Å². The van der Waals surface area contributed by atoms with E-state index in [0.29, 0.717) is 31.9 Å². The summed E-state index contributed by atoms with van der Waals surface area (Å²) in [4.78, 5) is 22.5. The molecule has 1 amide bonds. The number of morpholine rings is 1. The van der Waals surface area contributed by atoms with E-state index in [2.05, 4.69) is 25.2 Å². The van der Waals surface area contributed by atoms with Crippen LogP contribution in [0.25, 0.3) is 4.96 Å². The number of aromatic nitrogens is 5. The average molecular weight is 401 g/mol. The fraction of sp³-hybridized carbons (Fsp3) is 0.556. The highest BCUT2D eigenvalue weighted by Gasteiger charge is 2.30. The summed E-state index contributed by atoms with van der Waals surface area (Å²) in [5.41, 5.74) is 2.61. The molecular weight excluding hydrogens is 378 g/mol. The van der Waals surface area contributed by atoms with Crippen LogP contribution in [0.2, 0.25) is 0 Å². The average Bonchev–Trinajstić information content (AvgIpc) is 3.43. The predicted octanol–water partition coefficient (Wildman–Crippen LogP) is 1.68. The van der Waals surface area contributed by atoms with Gasteiger partial charge in [0.2, 0.25) is 10.1 Å². The number of hydrogen-bond acceptors (Lipinski definition) is 7. The van der Waals surface area contributed by atoms with Gasteiger partial charge in [-0.05, 0) is 19.8 Å². The van der Waals surface area contributed by atoms with Crippen molar-refractivity contribution in [2.75, 3.05) is 44.3 Å². The van der Waals surface area contributed by atoms with E-state index in [1.807, 2.05) is 22.5 Å². The van der Waals surface area contributed by atoms with E-state index >= 15 is 0 Å². The summed E-state index contributed by atoms with van der Waals surface area (Å²) in [7, 11) is 0. The number of carbonyl (C=O) groups excluding carboxylic acids is 1. The molecule has 0 aromatic carbocycles.